The standard InChI is InChI=1S/C20H19FN4O2S2/c1-13-7-8-18(14(2)11-13)29(26,27)22-10-9-15-12-28-20-23-19(24-25(15)20)16-5-3-4-6-17(16)21/h3-8,11-12,22H,9-10H2,1-2H3. The summed E-state index contributed by atoms with van der Waals surface area (Å²) in [7, 11) is -3.60. The molecular formula is C20H19FN4O2S2. The van der Waals surface area contributed by atoms with Crippen molar-refractivity contribution in [3.05, 3.63) is 70.5 Å². The van der Waals surface area contributed by atoms with E-state index in [9.17, 15) is 12.8 Å². The van der Waals surface area contributed by atoms with Gasteiger partial charge in [0.05, 0.1) is 16.2 Å². The number of fused-ring (bicyclic) bond motifs is 1. The number of aryl methyl sites for hydroxylation is 2. The highest BCUT2D eigenvalue weighted by molar-refractivity contribution is 7.89. The van der Waals surface area contributed by atoms with E-state index in [-0.39, 0.29) is 17.3 Å². The number of rotatable bonds is 6. The fraction of sp³-hybridized carbons (Fsp3) is 0.200. The minimum atomic E-state index is -3.60. The third-order valence-corrected chi connectivity index (χ3v) is 7.04. The Balaban J connectivity index is 1.51. The lowest BCUT2D eigenvalue weighted by Crippen LogP contribution is -2.27. The van der Waals surface area contributed by atoms with Crippen molar-refractivity contribution in [3.8, 4) is 11.4 Å². The molecule has 150 valence electrons. The predicted molar refractivity (Wildman–Crippen MR) is 111 cm³/mol. The summed E-state index contributed by atoms with van der Waals surface area (Å²) in [5.74, 6) is -0.0689. The first-order chi connectivity index (χ1) is 13.8. The molecule has 0 spiro atoms. The second kappa shape index (κ2) is 7.66. The van der Waals surface area contributed by atoms with Crippen molar-refractivity contribution >= 4 is 26.3 Å². The third-order valence-electron chi connectivity index (χ3n) is 4.56. The predicted octanol–water partition coefficient (Wildman–Crippen LogP) is 3.73. The van der Waals surface area contributed by atoms with Crippen molar-refractivity contribution in [1.82, 2.24) is 19.3 Å². The van der Waals surface area contributed by atoms with Gasteiger partial charge in [-0.1, -0.05) is 29.8 Å². The highest BCUT2D eigenvalue weighted by atomic mass is 32.2. The number of sulfonamides is 1. The zero-order valence-corrected chi connectivity index (χ0v) is 17.5. The van der Waals surface area contributed by atoms with E-state index in [4.69, 9.17) is 0 Å². The van der Waals surface area contributed by atoms with Gasteiger partial charge in [0.15, 0.2) is 5.82 Å². The Labute approximate surface area is 172 Å². The number of aromatic nitrogens is 3. The number of thiazole rings is 1. The van der Waals surface area contributed by atoms with Crippen molar-refractivity contribution in [3.63, 3.8) is 0 Å². The van der Waals surface area contributed by atoms with E-state index in [1.54, 1.807) is 41.8 Å². The molecule has 0 saturated carbocycles. The topological polar surface area (TPSA) is 76.4 Å². The third kappa shape index (κ3) is 3.93. The number of benzene rings is 2. The van der Waals surface area contributed by atoms with Crippen LogP contribution in [0.15, 0.2) is 52.7 Å². The molecule has 2 heterocycles. The van der Waals surface area contributed by atoms with Gasteiger partial charge in [-0.05, 0) is 37.6 Å². The SMILES string of the molecule is Cc1ccc(S(=O)(=O)NCCc2csc3nc(-c4ccccc4F)nn23)c(C)c1. The Morgan fingerprint density at radius 2 is 1.97 bits per heavy atom. The molecule has 4 rings (SSSR count). The van der Waals surface area contributed by atoms with Crippen molar-refractivity contribution in [2.45, 2.75) is 25.2 Å². The first-order valence-electron chi connectivity index (χ1n) is 9.00. The lowest BCUT2D eigenvalue weighted by Gasteiger charge is -2.09. The monoisotopic (exact) mass is 430 g/mol. The molecule has 1 N–H and O–H groups in total. The van der Waals surface area contributed by atoms with Crippen LogP contribution in [-0.2, 0) is 16.4 Å². The number of halogens is 1. The molecule has 0 fully saturated rings. The molecular weight excluding hydrogens is 411 g/mol. The van der Waals surface area contributed by atoms with Crippen LogP contribution in [0.25, 0.3) is 16.3 Å². The van der Waals surface area contributed by atoms with E-state index in [1.165, 1.54) is 17.4 Å². The Hall–Kier alpha value is -2.62. The molecule has 0 aliphatic heterocycles. The fourth-order valence-corrected chi connectivity index (χ4v) is 5.26. The average molecular weight is 431 g/mol. The number of nitrogens with zero attached hydrogens (tertiary/aromatic N) is 3. The van der Waals surface area contributed by atoms with Gasteiger partial charge in [-0.3, -0.25) is 0 Å². The first kappa shape index (κ1) is 19.7. The summed E-state index contributed by atoms with van der Waals surface area (Å²) in [6.45, 7) is 3.92. The normalized spacial score (nSPS) is 12.0. The van der Waals surface area contributed by atoms with Crippen LogP contribution in [0.1, 0.15) is 16.8 Å². The minimum Gasteiger partial charge on any atom is -0.211 e. The van der Waals surface area contributed by atoms with Crippen LogP contribution in [0.4, 0.5) is 4.39 Å². The molecule has 0 radical (unpaired) electrons. The Morgan fingerprint density at radius 1 is 1.17 bits per heavy atom. The van der Waals surface area contributed by atoms with Gasteiger partial charge in [0, 0.05) is 18.3 Å². The lowest BCUT2D eigenvalue weighted by atomic mass is 10.2. The maximum Gasteiger partial charge on any atom is 0.240 e. The van der Waals surface area contributed by atoms with Crippen molar-refractivity contribution < 1.29 is 12.8 Å². The molecule has 6 nitrogen and oxygen atoms in total. The lowest BCUT2D eigenvalue weighted by molar-refractivity contribution is 0.580. The van der Waals surface area contributed by atoms with Crippen molar-refractivity contribution in [2.24, 2.45) is 0 Å². The van der Waals surface area contributed by atoms with Crippen LogP contribution in [0.2, 0.25) is 0 Å². The van der Waals surface area contributed by atoms with Gasteiger partial charge in [-0.2, -0.15) is 4.98 Å². The summed E-state index contributed by atoms with van der Waals surface area (Å²) in [5, 5.41) is 6.28. The van der Waals surface area contributed by atoms with Crippen LogP contribution in [0.5, 0.6) is 0 Å². The van der Waals surface area contributed by atoms with E-state index in [0.717, 1.165) is 11.3 Å². The summed E-state index contributed by atoms with van der Waals surface area (Å²) in [6.07, 6.45) is 0.435. The van der Waals surface area contributed by atoms with Crippen LogP contribution in [-0.4, -0.2) is 29.6 Å². The summed E-state index contributed by atoms with van der Waals surface area (Å²) in [5.41, 5.74) is 2.87. The van der Waals surface area contributed by atoms with E-state index >= 15 is 0 Å². The summed E-state index contributed by atoms with van der Waals surface area (Å²) in [4.78, 5) is 5.29. The van der Waals surface area contributed by atoms with Crippen LogP contribution in [0, 0.1) is 19.7 Å². The Bertz CT molecular complexity index is 1300. The zero-order chi connectivity index (χ0) is 20.6. The highest BCUT2D eigenvalue weighted by Crippen LogP contribution is 2.23. The number of nitrogens with one attached hydrogen (secondary N) is 1. The number of hydrogen-bond donors (Lipinski definition) is 1. The molecule has 0 unspecified atom stereocenters. The van der Waals surface area contributed by atoms with Gasteiger partial charge in [0.25, 0.3) is 0 Å². The molecule has 0 amide bonds. The maximum absolute atomic E-state index is 14.0. The van der Waals surface area contributed by atoms with Crippen LogP contribution in [0.3, 0.4) is 0 Å². The zero-order valence-electron chi connectivity index (χ0n) is 15.9. The smallest absolute Gasteiger partial charge is 0.211 e. The average Bonchev–Trinajstić information content (AvgIpc) is 3.23. The first-order valence-corrected chi connectivity index (χ1v) is 11.4. The van der Waals surface area contributed by atoms with Gasteiger partial charge in [-0.15, -0.1) is 16.4 Å². The Kier molecular flexibility index (Phi) is 5.20. The van der Waals surface area contributed by atoms with E-state index in [1.807, 2.05) is 18.4 Å². The van der Waals surface area contributed by atoms with E-state index < -0.39 is 10.0 Å². The fourth-order valence-electron chi connectivity index (χ4n) is 3.15. The molecule has 0 aliphatic rings. The molecule has 0 atom stereocenters. The quantitative estimate of drug-likeness (QED) is 0.506. The second-order valence-electron chi connectivity index (χ2n) is 6.75. The van der Waals surface area contributed by atoms with E-state index in [0.29, 0.717) is 28.3 Å². The molecule has 29 heavy (non-hydrogen) atoms. The highest BCUT2D eigenvalue weighted by Gasteiger charge is 2.18. The summed E-state index contributed by atoms with van der Waals surface area (Å²) in [6, 6.07) is 11.6. The molecule has 9 heteroatoms. The van der Waals surface area contributed by atoms with Gasteiger partial charge in [0.2, 0.25) is 15.0 Å². The number of hydrogen-bond acceptors (Lipinski definition) is 5. The van der Waals surface area contributed by atoms with Gasteiger partial charge < -0.3 is 0 Å². The van der Waals surface area contributed by atoms with Gasteiger partial charge >= 0.3 is 0 Å². The molecule has 0 saturated heterocycles. The van der Waals surface area contributed by atoms with E-state index in [2.05, 4.69) is 14.8 Å². The summed E-state index contributed by atoms with van der Waals surface area (Å²) >= 11 is 1.38. The van der Waals surface area contributed by atoms with Gasteiger partial charge in [0.1, 0.15) is 5.82 Å². The van der Waals surface area contributed by atoms with Crippen molar-refractivity contribution in [1.29, 1.82) is 0 Å². The van der Waals surface area contributed by atoms with Gasteiger partial charge in [-0.25, -0.2) is 22.0 Å². The van der Waals surface area contributed by atoms with Crippen molar-refractivity contribution in [2.75, 3.05) is 6.54 Å². The Morgan fingerprint density at radius 3 is 2.72 bits per heavy atom. The van der Waals surface area contributed by atoms with Crippen LogP contribution >= 0.6 is 11.3 Å². The molecule has 4 aromatic rings. The molecule has 0 bridgehead atoms. The maximum atomic E-state index is 14.0. The molecule has 0 aliphatic carbocycles. The second-order valence-corrected chi connectivity index (χ2v) is 9.33. The largest absolute Gasteiger partial charge is 0.240 e. The molecule has 2 aromatic carbocycles. The summed E-state index contributed by atoms with van der Waals surface area (Å²) < 4.78 is 43.5. The minimum absolute atomic E-state index is 0.219. The van der Waals surface area contributed by atoms with Crippen LogP contribution < -0.4 is 4.72 Å². The molecule has 2 aromatic heterocycles.